The van der Waals surface area contributed by atoms with Gasteiger partial charge in [0.15, 0.2) is 5.69 Å². The molecule has 29 heavy (non-hydrogen) atoms. The molecule has 3 heterocycles. The smallest absolute Gasteiger partial charge is 0.273 e. The van der Waals surface area contributed by atoms with Crippen LogP contribution in [-0.4, -0.2) is 46.9 Å². The number of nitrogens with zero attached hydrogens (tertiary/aromatic N) is 3. The molecule has 0 unspecified atom stereocenters. The molecule has 0 radical (unpaired) electrons. The van der Waals surface area contributed by atoms with E-state index in [0.29, 0.717) is 24.7 Å². The van der Waals surface area contributed by atoms with Crippen molar-refractivity contribution in [1.29, 1.82) is 0 Å². The fraction of sp³-hybridized carbons (Fsp3) is 0.333. The number of hydrogen-bond donors (Lipinski definition) is 1. The largest absolute Gasteiger partial charge is 0.467 e. The van der Waals surface area contributed by atoms with Gasteiger partial charge in [0.05, 0.1) is 19.4 Å². The molecule has 0 bridgehead atoms. The van der Waals surface area contributed by atoms with Crippen LogP contribution in [0.3, 0.4) is 0 Å². The standard InChI is InChI=1S/C21H23ClN4O3/c22-18-6-2-1-4-16(18)13-25-7-9-26(10-8-25)14-20-24-19(15-29-20)21(27)23-12-17-5-3-11-28-17/h1-6,11,15H,7-10,12-14H2,(H,23,27). The van der Waals surface area contributed by atoms with Crippen LogP contribution in [0.5, 0.6) is 0 Å². The highest BCUT2D eigenvalue weighted by atomic mass is 35.5. The van der Waals surface area contributed by atoms with Gasteiger partial charge in [-0.2, -0.15) is 0 Å². The van der Waals surface area contributed by atoms with Crippen LogP contribution in [0.15, 0.2) is 57.8 Å². The molecule has 1 aromatic carbocycles. The van der Waals surface area contributed by atoms with Gasteiger partial charge >= 0.3 is 0 Å². The summed E-state index contributed by atoms with van der Waals surface area (Å²) < 4.78 is 10.7. The van der Waals surface area contributed by atoms with E-state index >= 15 is 0 Å². The second-order valence-electron chi connectivity index (χ2n) is 7.03. The number of benzene rings is 1. The third kappa shape index (κ3) is 5.26. The fourth-order valence-electron chi connectivity index (χ4n) is 3.32. The minimum Gasteiger partial charge on any atom is -0.467 e. The van der Waals surface area contributed by atoms with Gasteiger partial charge in [0.1, 0.15) is 12.0 Å². The Balaban J connectivity index is 1.23. The molecule has 1 N–H and O–H groups in total. The first-order valence-corrected chi connectivity index (χ1v) is 9.98. The monoisotopic (exact) mass is 414 g/mol. The Labute approximate surface area is 174 Å². The van der Waals surface area contributed by atoms with Crippen molar-refractivity contribution in [3.63, 3.8) is 0 Å². The Morgan fingerprint density at radius 3 is 2.52 bits per heavy atom. The van der Waals surface area contributed by atoms with Crippen LogP contribution in [0.4, 0.5) is 0 Å². The van der Waals surface area contributed by atoms with Crippen molar-refractivity contribution in [2.45, 2.75) is 19.6 Å². The molecule has 2 aromatic heterocycles. The number of nitrogens with one attached hydrogen (secondary N) is 1. The fourth-order valence-corrected chi connectivity index (χ4v) is 3.52. The summed E-state index contributed by atoms with van der Waals surface area (Å²) in [7, 11) is 0. The zero-order chi connectivity index (χ0) is 20.1. The SMILES string of the molecule is O=C(NCc1ccco1)c1coc(CN2CCN(Cc3ccccc3Cl)CC2)n1. The van der Waals surface area contributed by atoms with Crippen LogP contribution in [0.1, 0.15) is 27.7 Å². The van der Waals surface area contributed by atoms with Crippen LogP contribution in [0.25, 0.3) is 0 Å². The summed E-state index contributed by atoms with van der Waals surface area (Å²) in [5.74, 6) is 0.963. The second kappa shape index (κ2) is 9.26. The lowest BCUT2D eigenvalue weighted by molar-refractivity contribution is 0.0942. The summed E-state index contributed by atoms with van der Waals surface area (Å²) in [5, 5.41) is 3.58. The van der Waals surface area contributed by atoms with Crippen molar-refractivity contribution < 1.29 is 13.6 Å². The van der Waals surface area contributed by atoms with Crippen LogP contribution in [0.2, 0.25) is 5.02 Å². The lowest BCUT2D eigenvalue weighted by Crippen LogP contribution is -2.45. The van der Waals surface area contributed by atoms with Gasteiger partial charge < -0.3 is 14.2 Å². The first-order valence-electron chi connectivity index (χ1n) is 9.60. The number of piperazine rings is 1. The van der Waals surface area contributed by atoms with E-state index in [4.69, 9.17) is 20.4 Å². The van der Waals surface area contributed by atoms with Crippen molar-refractivity contribution in [3.8, 4) is 0 Å². The lowest BCUT2D eigenvalue weighted by Gasteiger charge is -2.34. The Hall–Kier alpha value is -2.61. The first kappa shape index (κ1) is 19.7. The van der Waals surface area contributed by atoms with E-state index in [0.717, 1.165) is 43.3 Å². The maximum absolute atomic E-state index is 12.2. The molecule has 0 aliphatic carbocycles. The van der Waals surface area contributed by atoms with Crippen molar-refractivity contribution in [2.75, 3.05) is 26.2 Å². The average Bonchev–Trinajstić information content (AvgIpc) is 3.42. The van der Waals surface area contributed by atoms with Gasteiger partial charge in [-0.3, -0.25) is 14.6 Å². The number of halogens is 1. The van der Waals surface area contributed by atoms with Gasteiger partial charge in [0.25, 0.3) is 5.91 Å². The predicted octanol–water partition coefficient (Wildman–Crippen LogP) is 3.17. The summed E-state index contributed by atoms with van der Waals surface area (Å²) >= 11 is 6.26. The molecule has 0 saturated carbocycles. The first-order chi connectivity index (χ1) is 14.2. The number of carbonyl (C=O) groups excluding carboxylic acids is 1. The minimum atomic E-state index is -0.277. The summed E-state index contributed by atoms with van der Waals surface area (Å²) in [4.78, 5) is 21.2. The molecular weight excluding hydrogens is 392 g/mol. The van der Waals surface area contributed by atoms with E-state index in [2.05, 4.69) is 26.2 Å². The van der Waals surface area contributed by atoms with Crippen LogP contribution < -0.4 is 5.32 Å². The van der Waals surface area contributed by atoms with E-state index in [-0.39, 0.29) is 11.6 Å². The molecule has 1 aliphatic heterocycles. The number of carbonyl (C=O) groups is 1. The maximum Gasteiger partial charge on any atom is 0.273 e. The molecule has 1 fully saturated rings. The molecule has 1 aliphatic rings. The van der Waals surface area contributed by atoms with Crippen LogP contribution in [0, 0.1) is 0 Å². The van der Waals surface area contributed by atoms with Crippen molar-refractivity contribution >= 4 is 17.5 Å². The zero-order valence-electron chi connectivity index (χ0n) is 16.0. The highest BCUT2D eigenvalue weighted by Crippen LogP contribution is 2.18. The second-order valence-corrected chi connectivity index (χ2v) is 7.44. The molecule has 7 nitrogen and oxygen atoms in total. The summed E-state index contributed by atoms with van der Waals surface area (Å²) in [6.07, 6.45) is 2.98. The number of hydrogen-bond acceptors (Lipinski definition) is 6. The van der Waals surface area contributed by atoms with E-state index in [9.17, 15) is 4.79 Å². The van der Waals surface area contributed by atoms with Crippen molar-refractivity contribution in [1.82, 2.24) is 20.1 Å². The zero-order valence-corrected chi connectivity index (χ0v) is 16.8. The molecule has 3 aromatic rings. The molecule has 4 rings (SSSR count). The number of aromatic nitrogens is 1. The Bertz CT molecular complexity index is 933. The maximum atomic E-state index is 12.2. The van der Waals surface area contributed by atoms with E-state index in [1.165, 1.54) is 6.26 Å². The van der Waals surface area contributed by atoms with E-state index in [1.807, 2.05) is 18.2 Å². The number of rotatable bonds is 7. The van der Waals surface area contributed by atoms with Gasteiger partial charge in [-0.25, -0.2) is 4.98 Å². The molecular formula is C21H23ClN4O3. The van der Waals surface area contributed by atoms with Gasteiger partial charge in [-0.15, -0.1) is 0 Å². The van der Waals surface area contributed by atoms with E-state index in [1.54, 1.807) is 18.4 Å². The van der Waals surface area contributed by atoms with Gasteiger partial charge in [0.2, 0.25) is 5.89 Å². The molecule has 152 valence electrons. The lowest BCUT2D eigenvalue weighted by atomic mass is 10.2. The van der Waals surface area contributed by atoms with Gasteiger partial charge in [0, 0.05) is 37.7 Å². The topological polar surface area (TPSA) is 74.8 Å². The Kier molecular flexibility index (Phi) is 6.29. The number of furan rings is 1. The molecule has 0 spiro atoms. The van der Waals surface area contributed by atoms with E-state index < -0.39 is 0 Å². The molecule has 1 saturated heterocycles. The predicted molar refractivity (Wildman–Crippen MR) is 108 cm³/mol. The normalized spacial score (nSPS) is 15.5. The molecule has 0 atom stereocenters. The van der Waals surface area contributed by atoms with Crippen LogP contribution >= 0.6 is 11.6 Å². The average molecular weight is 415 g/mol. The third-order valence-corrected chi connectivity index (χ3v) is 5.33. The molecule has 1 amide bonds. The Morgan fingerprint density at radius 1 is 1.03 bits per heavy atom. The summed E-state index contributed by atoms with van der Waals surface area (Å²) in [6.45, 7) is 5.48. The van der Waals surface area contributed by atoms with Gasteiger partial charge in [-0.05, 0) is 23.8 Å². The molecule has 8 heteroatoms. The van der Waals surface area contributed by atoms with Crippen molar-refractivity contribution in [3.05, 3.63) is 76.9 Å². The van der Waals surface area contributed by atoms with Crippen molar-refractivity contribution in [2.24, 2.45) is 0 Å². The van der Waals surface area contributed by atoms with Gasteiger partial charge in [-0.1, -0.05) is 29.8 Å². The summed E-state index contributed by atoms with van der Waals surface area (Å²) in [6, 6.07) is 11.6. The quantitative estimate of drug-likeness (QED) is 0.640. The number of oxazole rings is 1. The Morgan fingerprint density at radius 2 is 1.79 bits per heavy atom. The highest BCUT2D eigenvalue weighted by Gasteiger charge is 2.20. The summed E-state index contributed by atoms with van der Waals surface area (Å²) in [5.41, 5.74) is 1.43. The number of amides is 1. The minimum absolute atomic E-state index is 0.277. The van der Waals surface area contributed by atoms with Crippen LogP contribution in [-0.2, 0) is 19.6 Å². The third-order valence-electron chi connectivity index (χ3n) is 4.96. The highest BCUT2D eigenvalue weighted by molar-refractivity contribution is 6.31.